The van der Waals surface area contributed by atoms with Crippen LogP contribution in [0, 0.1) is 5.41 Å². The molecular weight excluding hydrogens is 436 g/mol. The highest BCUT2D eigenvalue weighted by Crippen LogP contribution is 2.33. The number of aromatic nitrogens is 5. The summed E-state index contributed by atoms with van der Waals surface area (Å²) in [7, 11) is 1.57. The number of aromatic amines is 1. The van der Waals surface area contributed by atoms with Crippen molar-refractivity contribution >= 4 is 11.5 Å². The molecule has 1 atom stereocenters. The van der Waals surface area contributed by atoms with Crippen LogP contribution in [-0.4, -0.2) is 44.3 Å². The van der Waals surface area contributed by atoms with Gasteiger partial charge in [-0.25, -0.2) is 9.78 Å². The molecule has 2 heterocycles. The number of anilines is 1. The summed E-state index contributed by atoms with van der Waals surface area (Å²) in [6, 6.07) is 12.0. The lowest BCUT2D eigenvalue weighted by Crippen LogP contribution is -2.17. The molecule has 0 radical (unpaired) electrons. The molecule has 5 N–H and O–H groups in total. The quantitative estimate of drug-likeness (QED) is 0.219. The molecule has 0 aliphatic rings. The van der Waals surface area contributed by atoms with Gasteiger partial charge in [0.2, 0.25) is 0 Å². The number of methoxy groups -OCH3 is 1. The van der Waals surface area contributed by atoms with Crippen LogP contribution in [-0.2, 0) is 0 Å². The molecule has 4 aromatic rings. The second kappa shape index (κ2) is 9.86. The molecule has 11 nitrogen and oxygen atoms in total. The Labute approximate surface area is 195 Å². The topological polar surface area (TPSA) is 157 Å². The fourth-order valence-electron chi connectivity index (χ4n) is 3.39. The maximum absolute atomic E-state index is 12.7. The van der Waals surface area contributed by atoms with Crippen molar-refractivity contribution in [2.24, 2.45) is 5.73 Å². The van der Waals surface area contributed by atoms with Crippen LogP contribution >= 0.6 is 0 Å². The van der Waals surface area contributed by atoms with Gasteiger partial charge in [0.15, 0.2) is 23.1 Å². The summed E-state index contributed by atoms with van der Waals surface area (Å²) < 4.78 is 12.3. The Morgan fingerprint density at radius 3 is 2.65 bits per heavy atom. The van der Waals surface area contributed by atoms with E-state index in [0.717, 1.165) is 15.9 Å². The zero-order chi connectivity index (χ0) is 24.1. The van der Waals surface area contributed by atoms with Gasteiger partial charge >= 0.3 is 5.69 Å². The normalized spacial score (nSPS) is 11.6. The number of amidine groups is 1. The van der Waals surface area contributed by atoms with Gasteiger partial charge in [0.25, 0.3) is 0 Å². The number of nitrogens with zero attached hydrogens (tertiary/aromatic N) is 4. The van der Waals surface area contributed by atoms with Gasteiger partial charge in [-0.1, -0.05) is 6.07 Å². The van der Waals surface area contributed by atoms with Crippen molar-refractivity contribution in [3.8, 4) is 17.3 Å². The number of rotatable bonds is 9. The summed E-state index contributed by atoms with van der Waals surface area (Å²) in [6.45, 7) is 2.35. The highest BCUT2D eigenvalue weighted by Gasteiger charge is 2.22. The van der Waals surface area contributed by atoms with Crippen molar-refractivity contribution in [2.45, 2.75) is 13.0 Å². The summed E-state index contributed by atoms with van der Waals surface area (Å²) in [5, 5.41) is 15.5. The maximum atomic E-state index is 12.7. The lowest BCUT2D eigenvalue weighted by molar-refractivity contribution is 0.310. The van der Waals surface area contributed by atoms with Gasteiger partial charge in [0.05, 0.1) is 19.9 Å². The fourth-order valence-corrected chi connectivity index (χ4v) is 3.39. The first-order chi connectivity index (χ1) is 16.5. The van der Waals surface area contributed by atoms with Crippen LogP contribution in [0.2, 0.25) is 0 Å². The van der Waals surface area contributed by atoms with E-state index in [2.05, 4.69) is 25.4 Å². The van der Waals surface area contributed by atoms with Crippen molar-refractivity contribution < 1.29 is 9.47 Å². The zero-order valence-electron chi connectivity index (χ0n) is 18.6. The number of hydrogen-bond donors (Lipinski definition) is 4. The lowest BCUT2D eigenvalue weighted by Gasteiger charge is -2.20. The van der Waals surface area contributed by atoms with E-state index in [-0.39, 0.29) is 5.84 Å². The molecule has 0 spiro atoms. The minimum atomic E-state index is -0.557. The van der Waals surface area contributed by atoms with E-state index in [1.54, 1.807) is 37.4 Å². The Morgan fingerprint density at radius 1 is 1.21 bits per heavy atom. The highest BCUT2D eigenvalue weighted by molar-refractivity contribution is 5.95. The van der Waals surface area contributed by atoms with E-state index in [1.165, 1.54) is 18.6 Å². The van der Waals surface area contributed by atoms with Crippen LogP contribution in [0.1, 0.15) is 29.9 Å². The van der Waals surface area contributed by atoms with Crippen molar-refractivity contribution in [1.82, 2.24) is 24.7 Å². The number of nitrogen functional groups attached to an aromatic ring is 1. The number of H-pyrrole nitrogens is 1. The van der Waals surface area contributed by atoms with E-state index in [9.17, 15) is 4.79 Å². The van der Waals surface area contributed by atoms with Gasteiger partial charge < -0.3 is 20.5 Å². The lowest BCUT2D eigenvalue weighted by atomic mass is 10.0. The first-order valence-electron chi connectivity index (χ1n) is 10.5. The maximum Gasteiger partial charge on any atom is 0.349 e. The molecule has 0 saturated heterocycles. The average molecular weight is 460 g/mol. The highest BCUT2D eigenvalue weighted by atomic mass is 16.5. The smallest absolute Gasteiger partial charge is 0.349 e. The predicted octanol–water partition coefficient (Wildman–Crippen LogP) is 2.24. The standard InChI is InChI=1S/C23H24N8O3/c1-3-34-18-12-15(6-9-17(18)33-2)20(28-16-7-4-14(5-8-16)21(24)25)22-29-23(32)31(30-22)19-13-26-10-11-27-19/h4-13,20,28H,3H2,1-2H3,(H3,24,25)(H,29,30,32). The number of nitrogens with two attached hydrogens (primary N) is 1. The van der Waals surface area contributed by atoms with E-state index < -0.39 is 11.7 Å². The van der Waals surface area contributed by atoms with Gasteiger partial charge in [-0.2, -0.15) is 4.68 Å². The number of nitrogens with one attached hydrogen (secondary N) is 3. The van der Waals surface area contributed by atoms with Crippen molar-refractivity contribution in [1.29, 1.82) is 5.41 Å². The van der Waals surface area contributed by atoms with Gasteiger partial charge in [0.1, 0.15) is 11.9 Å². The molecule has 34 heavy (non-hydrogen) atoms. The second-order valence-corrected chi connectivity index (χ2v) is 7.20. The zero-order valence-corrected chi connectivity index (χ0v) is 18.6. The Bertz CT molecular complexity index is 1330. The summed E-state index contributed by atoms with van der Waals surface area (Å²) in [6.07, 6.45) is 4.46. The molecule has 11 heteroatoms. The Balaban J connectivity index is 1.78. The number of benzene rings is 2. The molecule has 4 rings (SSSR count). The van der Waals surface area contributed by atoms with Crippen molar-refractivity contribution in [2.75, 3.05) is 19.0 Å². The van der Waals surface area contributed by atoms with E-state index in [1.807, 2.05) is 19.1 Å². The molecule has 1 unspecified atom stereocenters. The molecule has 0 fully saturated rings. The Hall–Kier alpha value is -4.67. The molecule has 2 aromatic carbocycles. The third-order valence-corrected chi connectivity index (χ3v) is 5.00. The van der Waals surface area contributed by atoms with Crippen molar-refractivity contribution in [3.05, 3.63) is 88.5 Å². The summed E-state index contributed by atoms with van der Waals surface area (Å²) in [4.78, 5) is 23.7. The SMILES string of the molecule is CCOc1cc(C(Nc2ccc(C(=N)N)cc2)c2nn(-c3cnccn3)c(=O)[nH]2)ccc1OC. The predicted molar refractivity (Wildman–Crippen MR) is 127 cm³/mol. The summed E-state index contributed by atoms with van der Waals surface area (Å²) >= 11 is 0. The molecule has 0 aliphatic carbocycles. The molecule has 2 aromatic heterocycles. The largest absolute Gasteiger partial charge is 0.493 e. The second-order valence-electron chi connectivity index (χ2n) is 7.20. The van der Waals surface area contributed by atoms with Crippen LogP contribution in [0.3, 0.4) is 0 Å². The van der Waals surface area contributed by atoms with E-state index >= 15 is 0 Å². The van der Waals surface area contributed by atoms with Crippen molar-refractivity contribution in [3.63, 3.8) is 0 Å². The Kier molecular flexibility index (Phi) is 6.53. The van der Waals surface area contributed by atoms with Crippen LogP contribution < -0.4 is 26.2 Å². The third kappa shape index (κ3) is 4.72. The minimum Gasteiger partial charge on any atom is -0.493 e. The van der Waals surface area contributed by atoms with Crippen LogP contribution in [0.25, 0.3) is 5.82 Å². The fraction of sp³-hybridized carbons (Fsp3) is 0.174. The van der Waals surface area contributed by atoms with E-state index in [4.69, 9.17) is 20.6 Å². The molecule has 0 saturated carbocycles. The number of ether oxygens (including phenoxy) is 2. The first kappa shape index (κ1) is 22.5. The van der Waals surface area contributed by atoms with Gasteiger partial charge in [-0.05, 0) is 48.9 Å². The van der Waals surface area contributed by atoms with E-state index in [0.29, 0.717) is 35.3 Å². The Morgan fingerprint density at radius 2 is 2.00 bits per heavy atom. The average Bonchev–Trinajstić information content (AvgIpc) is 3.24. The molecule has 0 bridgehead atoms. The molecule has 0 amide bonds. The molecular formula is C23H24N8O3. The van der Waals surface area contributed by atoms with Crippen LogP contribution in [0.5, 0.6) is 11.5 Å². The third-order valence-electron chi connectivity index (χ3n) is 5.00. The van der Waals surface area contributed by atoms with Gasteiger partial charge in [-0.3, -0.25) is 15.4 Å². The van der Waals surface area contributed by atoms with Crippen LogP contribution in [0.4, 0.5) is 5.69 Å². The van der Waals surface area contributed by atoms with Crippen LogP contribution in [0.15, 0.2) is 65.8 Å². The molecule has 0 aliphatic heterocycles. The molecule has 174 valence electrons. The first-order valence-corrected chi connectivity index (χ1v) is 10.5. The monoisotopic (exact) mass is 460 g/mol. The minimum absolute atomic E-state index is 0.0216. The van der Waals surface area contributed by atoms with Gasteiger partial charge in [0, 0.05) is 23.6 Å². The summed E-state index contributed by atoms with van der Waals surface area (Å²) in [5.74, 6) is 1.79. The van der Waals surface area contributed by atoms with Gasteiger partial charge in [-0.15, -0.1) is 5.10 Å². The number of hydrogen-bond acceptors (Lipinski definition) is 8. The summed E-state index contributed by atoms with van der Waals surface area (Å²) in [5.41, 5.74) is 7.23.